The number of nitrogens with zero attached hydrogens (tertiary/aromatic N) is 2. The normalized spacial score (nSPS) is 16.9. The van der Waals surface area contributed by atoms with Crippen LogP contribution in [-0.2, 0) is 11.3 Å². The third kappa shape index (κ3) is 2.86. The third-order valence-electron chi connectivity index (χ3n) is 5.50. The molecule has 0 saturated carbocycles. The summed E-state index contributed by atoms with van der Waals surface area (Å²) in [5.41, 5.74) is 2.43. The van der Waals surface area contributed by atoms with Crippen LogP contribution in [-0.4, -0.2) is 29.2 Å². The molecule has 7 nitrogen and oxygen atoms in total. The van der Waals surface area contributed by atoms with Crippen molar-refractivity contribution in [3.05, 3.63) is 89.4 Å². The standard InChI is InChI=1S/C23H19N3O4/c27-20(24-14-15-6-5-13-30-15)11-12-25-21-16-7-1-2-8-17(16)23(29)26(21)19-10-4-3-9-18(19)22(25)28/h1-10,13,21H,11-12,14H2,(H,24,27)/t21-/m0/s1. The Hall–Kier alpha value is -3.87. The minimum atomic E-state index is -0.547. The molecule has 0 spiro atoms. The van der Waals surface area contributed by atoms with Gasteiger partial charge in [-0.1, -0.05) is 30.3 Å². The second kappa shape index (κ2) is 7.18. The van der Waals surface area contributed by atoms with Crippen molar-refractivity contribution in [2.75, 3.05) is 11.4 Å². The summed E-state index contributed by atoms with van der Waals surface area (Å²) < 4.78 is 5.22. The fourth-order valence-electron chi connectivity index (χ4n) is 4.11. The first-order valence-electron chi connectivity index (χ1n) is 9.77. The quantitative estimate of drug-likeness (QED) is 0.712. The molecular formula is C23H19N3O4. The lowest BCUT2D eigenvalue weighted by Crippen LogP contribution is -2.49. The molecule has 3 amide bonds. The first-order valence-corrected chi connectivity index (χ1v) is 9.77. The number of rotatable bonds is 5. The Kier molecular flexibility index (Phi) is 4.35. The summed E-state index contributed by atoms with van der Waals surface area (Å²) >= 11 is 0. The van der Waals surface area contributed by atoms with Gasteiger partial charge in [-0.3, -0.25) is 19.3 Å². The van der Waals surface area contributed by atoms with Crippen molar-refractivity contribution < 1.29 is 18.8 Å². The van der Waals surface area contributed by atoms with E-state index in [0.29, 0.717) is 29.1 Å². The predicted molar refractivity (Wildman–Crippen MR) is 109 cm³/mol. The first kappa shape index (κ1) is 18.2. The van der Waals surface area contributed by atoms with E-state index in [1.165, 1.54) is 0 Å². The van der Waals surface area contributed by atoms with E-state index in [2.05, 4.69) is 5.32 Å². The Morgan fingerprint density at radius 1 is 0.933 bits per heavy atom. The number of nitrogens with one attached hydrogen (secondary N) is 1. The molecule has 1 N–H and O–H groups in total. The first-order chi connectivity index (χ1) is 14.6. The average Bonchev–Trinajstić information content (AvgIpc) is 3.39. The molecule has 30 heavy (non-hydrogen) atoms. The van der Waals surface area contributed by atoms with Crippen molar-refractivity contribution in [3.8, 4) is 0 Å². The molecule has 0 bridgehead atoms. The van der Waals surface area contributed by atoms with E-state index in [1.54, 1.807) is 52.5 Å². The highest BCUT2D eigenvalue weighted by Gasteiger charge is 2.47. The molecule has 1 atom stereocenters. The van der Waals surface area contributed by atoms with Crippen LogP contribution in [0.4, 0.5) is 5.69 Å². The fraction of sp³-hybridized carbons (Fsp3) is 0.174. The van der Waals surface area contributed by atoms with Crippen LogP contribution >= 0.6 is 0 Å². The van der Waals surface area contributed by atoms with Crippen LogP contribution in [0.5, 0.6) is 0 Å². The highest BCUT2D eigenvalue weighted by molar-refractivity contribution is 6.16. The zero-order valence-electron chi connectivity index (χ0n) is 16.1. The molecule has 0 unspecified atom stereocenters. The number of benzene rings is 2. The summed E-state index contributed by atoms with van der Waals surface area (Å²) in [4.78, 5) is 42.0. The SMILES string of the molecule is O=C(CCN1C(=O)c2ccccc2N2C(=O)c3ccccc3[C@@H]12)NCc1ccco1. The van der Waals surface area contributed by atoms with Gasteiger partial charge >= 0.3 is 0 Å². The Balaban J connectivity index is 1.42. The zero-order chi connectivity index (χ0) is 20.7. The van der Waals surface area contributed by atoms with Crippen molar-refractivity contribution in [3.63, 3.8) is 0 Å². The highest BCUT2D eigenvalue weighted by atomic mass is 16.3. The monoisotopic (exact) mass is 401 g/mol. The van der Waals surface area contributed by atoms with E-state index in [-0.39, 0.29) is 30.7 Å². The molecule has 0 fully saturated rings. The van der Waals surface area contributed by atoms with Crippen molar-refractivity contribution >= 4 is 23.4 Å². The molecular weight excluding hydrogens is 382 g/mol. The largest absolute Gasteiger partial charge is 0.467 e. The highest BCUT2D eigenvalue weighted by Crippen LogP contribution is 2.45. The van der Waals surface area contributed by atoms with Gasteiger partial charge in [0, 0.05) is 24.1 Å². The molecule has 150 valence electrons. The van der Waals surface area contributed by atoms with Crippen LogP contribution in [0.1, 0.15) is 44.6 Å². The van der Waals surface area contributed by atoms with Crippen molar-refractivity contribution in [1.29, 1.82) is 0 Å². The molecule has 0 saturated heterocycles. The lowest BCUT2D eigenvalue weighted by Gasteiger charge is -2.40. The van der Waals surface area contributed by atoms with E-state index < -0.39 is 6.17 Å². The Bertz CT molecular complexity index is 1140. The maximum absolute atomic E-state index is 13.3. The number of carbonyl (C=O) groups is 3. The van der Waals surface area contributed by atoms with E-state index in [9.17, 15) is 14.4 Å². The van der Waals surface area contributed by atoms with Gasteiger partial charge in [-0.15, -0.1) is 0 Å². The van der Waals surface area contributed by atoms with Gasteiger partial charge in [-0.05, 0) is 30.3 Å². The Morgan fingerprint density at radius 3 is 2.50 bits per heavy atom. The van der Waals surface area contributed by atoms with Gasteiger partial charge in [0.05, 0.1) is 24.1 Å². The molecule has 2 aliphatic heterocycles. The summed E-state index contributed by atoms with van der Waals surface area (Å²) in [6, 6.07) is 17.9. The molecule has 0 aliphatic carbocycles. The zero-order valence-corrected chi connectivity index (χ0v) is 16.1. The maximum Gasteiger partial charge on any atom is 0.260 e. The van der Waals surface area contributed by atoms with Gasteiger partial charge < -0.3 is 14.6 Å². The lowest BCUT2D eigenvalue weighted by molar-refractivity contribution is -0.121. The van der Waals surface area contributed by atoms with Gasteiger partial charge in [0.25, 0.3) is 11.8 Å². The smallest absolute Gasteiger partial charge is 0.260 e. The summed E-state index contributed by atoms with van der Waals surface area (Å²) in [6.45, 7) is 0.486. The number of hydrogen-bond acceptors (Lipinski definition) is 4. The van der Waals surface area contributed by atoms with E-state index in [0.717, 1.165) is 5.56 Å². The fourth-order valence-corrected chi connectivity index (χ4v) is 4.11. The molecule has 1 aromatic heterocycles. The van der Waals surface area contributed by atoms with Gasteiger partial charge in [0.2, 0.25) is 5.91 Å². The van der Waals surface area contributed by atoms with E-state index in [1.807, 2.05) is 24.3 Å². The molecule has 0 radical (unpaired) electrons. The summed E-state index contributed by atoms with van der Waals surface area (Å²) in [7, 11) is 0. The van der Waals surface area contributed by atoms with Crippen LogP contribution in [0.25, 0.3) is 0 Å². The molecule has 2 aromatic carbocycles. The third-order valence-corrected chi connectivity index (χ3v) is 5.50. The number of fused-ring (bicyclic) bond motifs is 5. The number of carbonyl (C=O) groups excluding carboxylic acids is 3. The topological polar surface area (TPSA) is 82.9 Å². The Labute approximate surface area is 172 Å². The van der Waals surface area contributed by atoms with Crippen LogP contribution < -0.4 is 10.2 Å². The van der Waals surface area contributed by atoms with Crippen molar-refractivity contribution in [1.82, 2.24) is 10.2 Å². The molecule has 2 aliphatic rings. The van der Waals surface area contributed by atoms with Crippen molar-refractivity contribution in [2.45, 2.75) is 19.1 Å². The molecule has 3 aromatic rings. The van der Waals surface area contributed by atoms with E-state index in [4.69, 9.17) is 4.42 Å². The summed E-state index contributed by atoms with van der Waals surface area (Å²) in [5.74, 6) is 0.146. The van der Waals surface area contributed by atoms with Gasteiger partial charge in [-0.2, -0.15) is 0 Å². The number of para-hydroxylation sites is 1. The number of hydrogen-bond donors (Lipinski definition) is 1. The molecule has 5 rings (SSSR count). The summed E-state index contributed by atoms with van der Waals surface area (Å²) in [6.07, 6.45) is 1.12. The van der Waals surface area contributed by atoms with Gasteiger partial charge in [0.1, 0.15) is 11.9 Å². The Morgan fingerprint density at radius 2 is 1.70 bits per heavy atom. The summed E-state index contributed by atoms with van der Waals surface area (Å²) in [5, 5.41) is 2.80. The number of anilines is 1. The maximum atomic E-state index is 13.3. The predicted octanol–water partition coefficient (Wildman–Crippen LogP) is 3.10. The number of amides is 3. The van der Waals surface area contributed by atoms with Crippen LogP contribution in [0.3, 0.4) is 0 Å². The van der Waals surface area contributed by atoms with Crippen LogP contribution in [0.15, 0.2) is 71.3 Å². The second-order valence-corrected chi connectivity index (χ2v) is 7.26. The number of furan rings is 1. The molecule has 7 heteroatoms. The van der Waals surface area contributed by atoms with Gasteiger partial charge in [0.15, 0.2) is 0 Å². The molecule has 3 heterocycles. The van der Waals surface area contributed by atoms with Gasteiger partial charge in [-0.25, -0.2) is 0 Å². The minimum absolute atomic E-state index is 0.120. The lowest BCUT2D eigenvalue weighted by atomic mass is 10.0. The minimum Gasteiger partial charge on any atom is -0.467 e. The van der Waals surface area contributed by atoms with Crippen LogP contribution in [0, 0.1) is 0 Å². The van der Waals surface area contributed by atoms with Crippen LogP contribution in [0.2, 0.25) is 0 Å². The average molecular weight is 401 g/mol. The van der Waals surface area contributed by atoms with Crippen molar-refractivity contribution in [2.24, 2.45) is 0 Å². The van der Waals surface area contributed by atoms with E-state index >= 15 is 0 Å². The second-order valence-electron chi connectivity index (χ2n) is 7.26.